The Labute approximate surface area is 122 Å². The first-order valence-corrected chi connectivity index (χ1v) is 8.15. The molecule has 0 amide bonds. The van der Waals surface area contributed by atoms with E-state index in [9.17, 15) is 0 Å². The Morgan fingerprint density at radius 1 is 1.39 bits per heavy atom. The lowest BCUT2D eigenvalue weighted by atomic mass is 9.84. The summed E-state index contributed by atoms with van der Waals surface area (Å²) in [5, 5.41) is 4.44. The van der Waals surface area contributed by atoms with Gasteiger partial charge in [0.15, 0.2) is 5.17 Å². The van der Waals surface area contributed by atoms with Gasteiger partial charge in [0.05, 0.1) is 0 Å². The molecule has 0 fully saturated rings. The van der Waals surface area contributed by atoms with Crippen molar-refractivity contribution in [2.75, 3.05) is 17.6 Å². The third-order valence-corrected chi connectivity index (χ3v) is 5.40. The first kappa shape index (κ1) is 13.9. The van der Waals surface area contributed by atoms with Gasteiger partial charge in [0.1, 0.15) is 0 Å². The average molecular weight is 327 g/mol. The quantitative estimate of drug-likeness (QED) is 0.865. The molecule has 1 aromatic rings. The zero-order valence-corrected chi connectivity index (χ0v) is 13.3. The van der Waals surface area contributed by atoms with Crippen LogP contribution in [0.15, 0.2) is 33.7 Å². The van der Waals surface area contributed by atoms with E-state index in [1.54, 1.807) is 0 Å². The number of halogens is 1. The summed E-state index contributed by atoms with van der Waals surface area (Å²) in [6.45, 7) is 5.49. The molecule has 2 nitrogen and oxygen atoms in total. The number of nitrogens with zero attached hydrogens (tertiary/aromatic N) is 1. The minimum Gasteiger partial charge on any atom is -0.335 e. The molecule has 0 saturated carbocycles. The topological polar surface area (TPSA) is 24.4 Å². The summed E-state index contributed by atoms with van der Waals surface area (Å²) in [5.74, 6) is 1.17. The van der Waals surface area contributed by atoms with E-state index in [0.717, 1.165) is 21.9 Å². The molecule has 98 valence electrons. The van der Waals surface area contributed by atoms with E-state index in [4.69, 9.17) is 4.99 Å². The van der Waals surface area contributed by atoms with Gasteiger partial charge in [-0.2, -0.15) is 0 Å². The van der Waals surface area contributed by atoms with E-state index in [-0.39, 0.29) is 0 Å². The second-order valence-electron chi connectivity index (χ2n) is 4.75. The van der Waals surface area contributed by atoms with Crippen LogP contribution in [-0.2, 0) is 0 Å². The molecule has 1 aliphatic rings. The van der Waals surface area contributed by atoms with Crippen LogP contribution in [0.3, 0.4) is 0 Å². The van der Waals surface area contributed by atoms with E-state index in [1.807, 2.05) is 23.9 Å². The highest BCUT2D eigenvalue weighted by Gasteiger charge is 2.30. The first-order valence-electron chi connectivity index (χ1n) is 6.37. The van der Waals surface area contributed by atoms with Gasteiger partial charge >= 0.3 is 0 Å². The molecule has 1 heterocycles. The Morgan fingerprint density at radius 3 is 2.72 bits per heavy atom. The predicted molar refractivity (Wildman–Crippen MR) is 85.5 cm³/mol. The second-order valence-corrected chi connectivity index (χ2v) is 6.63. The minimum absolute atomic E-state index is 0.410. The second kappa shape index (κ2) is 6.11. The largest absolute Gasteiger partial charge is 0.335 e. The fourth-order valence-corrected chi connectivity index (χ4v) is 3.68. The van der Waals surface area contributed by atoms with E-state index in [2.05, 4.69) is 47.2 Å². The molecule has 18 heavy (non-hydrogen) atoms. The fourth-order valence-electron chi connectivity index (χ4n) is 2.00. The number of nitrogens with one attached hydrogen (secondary N) is 1. The molecule has 0 unspecified atom stereocenters. The summed E-state index contributed by atoms with van der Waals surface area (Å²) in [4.78, 5) is 4.70. The normalized spacial score (nSPS) is 18.3. The molecule has 0 atom stereocenters. The van der Waals surface area contributed by atoms with Gasteiger partial charge in [-0.25, -0.2) is 0 Å². The summed E-state index contributed by atoms with van der Waals surface area (Å²) in [6, 6.07) is 8.20. The number of rotatable bonds is 3. The average Bonchev–Trinajstić information content (AvgIpc) is 2.40. The van der Waals surface area contributed by atoms with Crippen molar-refractivity contribution in [2.24, 2.45) is 10.4 Å². The van der Waals surface area contributed by atoms with Gasteiger partial charge < -0.3 is 5.32 Å². The Kier molecular flexibility index (Phi) is 4.73. The molecular weight excluding hydrogens is 308 g/mol. The number of anilines is 1. The summed E-state index contributed by atoms with van der Waals surface area (Å²) >= 11 is 5.32. The monoisotopic (exact) mass is 326 g/mol. The maximum Gasteiger partial charge on any atom is 0.161 e. The molecule has 4 heteroatoms. The number of hydrogen-bond donors (Lipinski definition) is 1. The number of thioether (sulfide) groups is 1. The summed E-state index contributed by atoms with van der Waals surface area (Å²) < 4.78 is 1.09. The van der Waals surface area contributed by atoms with Crippen LogP contribution in [0.5, 0.6) is 0 Å². The summed E-state index contributed by atoms with van der Waals surface area (Å²) in [5.41, 5.74) is 1.50. The molecule has 0 saturated heterocycles. The van der Waals surface area contributed by atoms with Crippen molar-refractivity contribution in [1.29, 1.82) is 0 Å². The van der Waals surface area contributed by atoms with Crippen LogP contribution in [0, 0.1) is 5.41 Å². The minimum atomic E-state index is 0.410. The first-order chi connectivity index (χ1) is 8.67. The lowest BCUT2D eigenvalue weighted by molar-refractivity contribution is 0.318. The Hall–Kier alpha value is -0.480. The molecule has 0 aliphatic carbocycles. The molecule has 2 rings (SSSR count). The van der Waals surface area contributed by atoms with Crippen LogP contribution in [-0.4, -0.2) is 17.5 Å². The van der Waals surface area contributed by atoms with Crippen LogP contribution < -0.4 is 5.32 Å². The predicted octanol–water partition coefficient (Wildman–Crippen LogP) is 4.77. The van der Waals surface area contributed by atoms with E-state index in [1.165, 1.54) is 18.6 Å². The van der Waals surface area contributed by atoms with Gasteiger partial charge in [-0.3, -0.25) is 4.99 Å². The highest BCUT2D eigenvalue weighted by atomic mass is 79.9. The smallest absolute Gasteiger partial charge is 0.161 e. The lowest BCUT2D eigenvalue weighted by Gasteiger charge is -2.33. The molecule has 1 aromatic carbocycles. The molecule has 0 aromatic heterocycles. The molecule has 0 radical (unpaired) electrons. The molecular formula is C14H19BrN2S. The highest BCUT2D eigenvalue weighted by Crippen LogP contribution is 2.35. The zero-order valence-electron chi connectivity index (χ0n) is 10.9. The van der Waals surface area contributed by atoms with E-state index in [0.29, 0.717) is 5.41 Å². The third kappa shape index (κ3) is 3.29. The van der Waals surface area contributed by atoms with Crippen LogP contribution >= 0.6 is 27.7 Å². The van der Waals surface area contributed by atoms with Crippen molar-refractivity contribution in [2.45, 2.75) is 26.7 Å². The van der Waals surface area contributed by atoms with Crippen LogP contribution in [0.2, 0.25) is 0 Å². The molecule has 1 N–H and O–H groups in total. The maximum atomic E-state index is 4.70. The maximum absolute atomic E-state index is 4.70. The van der Waals surface area contributed by atoms with Crippen molar-refractivity contribution in [3.8, 4) is 0 Å². The third-order valence-electron chi connectivity index (χ3n) is 3.65. The standard InChI is InChI=1S/C14H19BrN2S/c1-3-14(4-2)9-16-13(18-10-14)17-12-7-5-6-11(15)8-12/h5-8H,3-4,9-10H2,1-2H3,(H,16,17). The van der Waals surface area contributed by atoms with Crippen LogP contribution in [0.1, 0.15) is 26.7 Å². The molecule has 1 aliphatic heterocycles. The van der Waals surface area contributed by atoms with Crippen molar-refractivity contribution < 1.29 is 0 Å². The summed E-state index contributed by atoms with van der Waals surface area (Å²) in [6.07, 6.45) is 2.42. The van der Waals surface area contributed by atoms with Gasteiger partial charge in [0.25, 0.3) is 0 Å². The SMILES string of the molecule is CCC1(CC)CN=C(Nc2cccc(Br)c2)SC1. The summed E-state index contributed by atoms with van der Waals surface area (Å²) in [7, 11) is 0. The van der Waals surface area contributed by atoms with Gasteiger partial charge in [-0.1, -0.05) is 47.6 Å². The highest BCUT2D eigenvalue weighted by molar-refractivity contribution is 9.10. The number of benzene rings is 1. The van der Waals surface area contributed by atoms with Gasteiger partial charge in [0, 0.05) is 22.5 Å². The Balaban J connectivity index is 2.02. The van der Waals surface area contributed by atoms with Gasteiger partial charge in [-0.15, -0.1) is 0 Å². The van der Waals surface area contributed by atoms with Crippen LogP contribution in [0.25, 0.3) is 0 Å². The molecule has 0 spiro atoms. The van der Waals surface area contributed by atoms with Gasteiger partial charge in [0.2, 0.25) is 0 Å². The van der Waals surface area contributed by atoms with Crippen molar-refractivity contribution in [1.82, 2.24) is 0 Å². The van der Waals surface area contributed by atoms with E-state index >= 15 is 0 Å². The Bertz CT molecular complexity index is 441. The van der Waals surface area contributed by atoms with Crippen molar-refractivity contribution in [3.05, 3.63) is 28.7 Å². The lowest BCUT2D eigenvalue weighted by Crippen LogP contribution is -2.32. The van der Waals surface area contributed by atoms with Crippen molar-refractivity contribution >= 4 is 38.5 Å². The number of aliphatic imine (C=N–C) groups is 1. The van der Waals surface area contributed by atoms with Crippen molar-refractivity contribution in [3.63, 3.8) is 0 Å². The Morgan fingerprint density at radius 2 is 2.17 bits per heavy atom. The number of hydrogen-bond acceptors (Lipinski definition) is 3. The van der Waals surface area contributed by atoms with E-state index < -0.39 is 0 Å². The van der Waals surface area contributed by atoms with Gasteiger partial charge in [-0.05, 0) is 36.5 Å². The zero-order chi connectivity index (χ0) is 13.0. The van der Waals surface area contributed by atoms with Crippen LogP contribution in [0.4, 0.5) is 5.69 Å². The fraction of sp³-hybridized carbons (Fsp3) is 0.500. The number of amidine groups is 1. The molecule has 0 bridgehead atoms.